The third-order valence-corrected chi connectivity index (χ3v) is 2.67. The molecule has 1 aliphatic heterocycles. The van der Waals surface area contributed by atoms with Crippen LogP contribution in [0.3, 0.4) is 0 Å². The number of carbonyl (C=O) groups excluding carboxylic acids is 1. The molecule has 0 atom stereocenters. The summed E-state index contributed by atoms with van der Waals surface area (Å²) in [5.74, 6) is -0.558. The highest BCUT2D eigenvalue weighted by Gasteiger charge is 2.19. The maximum absolute atomic E-state index is 11.3. The van der Waals surface area contributed by atoms with Crippen LogP contribution in [-0.4, -0.2) is 21.3 Å². The van der Waals surface area contributed by atoms with Crippen molar-refractivity contribution in [3.63, 3.8) is 0 Å². The minimum Gasteiger partial charge on any atom is -0.508 e. The fourth-order valence-corrected chi connectivity index (χ4v) is 1.96. The van der Waals surface area contributed by atoms with E-state index in [-0.39, 0.29) is 16.7 Å². The molecule has 0 aliphatic carbocycles. The van der Waals surface area contributed by atoms with E-state index in [1.54, 1.807) is 0 Å². The molecule has 0 spiro atoms. The van der Waals surface area contributed by atoms with E-state index in [0.29, 0.717) is 10.5 Å². The lowest BCUT2D eigenvalue weighted by molar-refractivity contribution is -0.113. The van der Waals surface area contributed by atoms with Gasteiger partial charge in [-0.25, -0.2) is 0 Å². The second kappa shape index (κ2) is 3.90. The van der Waals surface area contributed by atoms with Gasteiger partial charge in [-0.05, 0) is 35.5 Å². The van der Waals surface area contributed by atoms with Gasteiger partial charge < -0.3 is 15.9 Å². The van der Waals surface area contributed by atoms with Crippen LogP contribution in [0.1, 0.15) is 5.56 Å². The summed E-state index contributed by atoms with van der Waals surface area (Å²) in [6.07, 6.45) is 1.51. The highest BCUT2D eigenvalue weighted by Crippen LogP contribution is 2.28. The van der Waals surface area contributed by atoms with Crippen molar-refractivity contribution in [3.05, 3.63) is 28.7 Å². The van der Waals surface area contributed by atoms with Gasteiger partial charge in [-0.3, -0.25) is 4.79 Å². The van der Waals surface area contributed by atoms with Crippen LogP contribution >= 0.6 is 11.8 Å². The third-order valence-electron chi connectivity index (χ3n) is 1.86. The van der Waals surface area contributed by atoms with E-state index in [9.17, 15) is 15.0 Å². The second-order valence-electron chi connectivity index (χ2n) is 3.15. The van der Waals surface area contributed by atoms with Crippen LogP contribution in [-0.2, 0) is 4.79 Å². The minimum absolute atomic E-state index is 0.0730. The number of rotatable bonds is 1. The summed E-state index contributed by atoms with van der Waals surface area (Å²) in [5.41, 5.74) is 5.89. The van der Waals surface area contributed by atoms with E-state index in [4.69, 9.17) is 5.73 Å². The number of benzene rings is 1. The van der Waals surface area contributed by atoms with E-state index < -0.39 is 5.91 Å². The molecule has 0 saturated carbocycles. The van der Waals surface area contributed by atoms with Crippen LogP contribution in [0, 0.1) is 0 Å². The summed E-state index contributed by atoms with van der Waals surface area (Å²) in [7, 11) is 0. The molecule has 1 heterocycles. The van der Waals surface area contributed by atoms with Crippen molar-refractivity contribution >= 4 is 28.9 Å². The molecular weight excluding hydrogens is 228 g/mol. The zero-order valence-corrected chi connectivity index (χ0v) is 8.86. The van der Waals surface area contributed by atoms with Gasteiger partial charge in [-0.1, -0.05) is 0 Å². The Bertz CT molecular complexity index is 503. The molecule has 4 N–H and O–H groups in total. The van der Waals surface area contributed by atoms with E-state index in [1.807, 2.05) is 0 Å². The lowest BCUT2D eigenvalue weighted by Crippen LogP contribution is -2.01. The zero-order valence-electron chi connectivity index (χ0n) is 8.04. The number of carbonyl (C=O) groups is 1. The molecule has 0 fully saturated rings. The molecule has 1 amide bonds. The Labute approximate surface area is 95.3 Å². The number of nitrogens with zero attached hydrogens (tertiary/aromatic N) is 1. The van der Waals surface area contributed by atoms with Crippen LogP contribution in [0.15, 0.2) is 28.1 Å². The average Bonchev–Trinajstić information content (AvgIpc) is 2.43. The molecule has 0 radical (unpaired) electrons. The highest BCUT2D eigenvalue weighted by molar-refractivity contribution is 8.18. The molecule has 16 heavy (non-hydrogen) atoms. The number of hydrogen-bond acceptors (Lipinski definition) is 5. The van der Waals surface area contributed by atoms with Gasteiger partial charge in [-0.15, -0.1) is 0 Å². The lowest BCUT2D eigenvalue weighted by atomic mass is 10.2. The molecule has 2 rings (SSSR count). The number of amidine groups is 1. The Balaban J connectivity index is 2.34. The van der Waals surface area contributed by atoms with E-state index >= 15 is 0 Å². The standard InChI is InChI=1S/C10H8N2O3S/c11-10-12-9(15)8(16-10)3-5-1-6(13)4-7(14)2-5/h1-4,13-14H,(H2,11,12,15)/b8-3+. The molecule has 5 nitrogen and oxygen atoms in total. The Hall–Kier alpha value is -1.95. The van der Waals surface area contributed by atoms with Crippen molar-refractivity contribution in [2.75, 3.05) is 0 Å². The predicted octanol–water partition coefficient (Wildman–Crippen LogP) is 1.03. The molecule has 0 unspecified atom stereocenters. The van der Waals surface area contributed by atoms with Gasteiger partial charge in [0, 0.05) is 6.07 Å². The monoisotopic (exact) mass is 236 g/mol. The van der Waals surface area contributed by atoms with Gasteiger partial charge >= 0.3 is 0 Å². The second-order valence-corrected chi connectivity index (χ2v) is 4.21. The Kier molecular flexibility index (Phi) is 2.57. The van der Waals surface area contributed by atoms with Gasteiger partial charge in [0.2, 0.25) is 0 Å². The fraction of sp³-hybridized carbons (Fsp3) is 0. The number of nitrogens with two attached hydrogens (primary N) is 1. The number of thioether (sulfide) groups is 1. The molecule has 1 aromatic rings. The summed E-state index contributed by atoms with van der Waals surface area (Å²) in [4.78, 5) is 15.2. The van der Waals surface area contributed by atoms with Crippen molar-refractivity contribution in [2.45, 2.75) is 0 Å². The first-order chi connectivity index (χ1) is 7.54. The lowest BCUT2D eigenvalue weighted by Gasteiger charge is -1.99. The smallest absolute Gasteiger partial charge is 0.286 e. The summed E-state index contributed by atoms with van der Waals surface area (Å²) >= 11 is 1.06. The molecule has 0 aromatic heterocycles. The highest BCUT2D eigenvalue weighted by atomic mass is 32.2. The van der Waals surface area contributed by atoms with Crippen molar-refractivity contribution in [2.24, 2.45) is 10.7 Å². The number of aromatic hydroxyl groups is 2. The van der Waals surface area contributed by atoms with Crippen LogP contribution in [0.5, 0.6) is 11.5 Å². The number of amides is 1. The first-order valence-electron chi connectivity index (χ1n) is 4.35. The van der Waals surface area contributed by atoms with Gasteiger partial charge in [0.15, 0.2) is 5.17 Å². The van der Waals surface area contributed by atoms with E-state index in [2.05, 4.69) is 4.99 Å². The quantitative estimate of drug-likeness (QED) is 0.633. The maximum atomic E-state index is 11.3. The largest absolute Gasteiger partial charge is 0.508 e. The SMILES string of the molecule is NC1=NC(=O)/C(=C\c2cc(O)cc(O)c2)S1. The Morgan fingerprint density at radius 3 is 2.38 bits per heavy atom. The average molecular weight is 236 g/mol. The molecule has 82 valence electrons. The first-order valence-corrected chi connectivity index (χ1v) is 5.17. The van der Waals surface area contributed by atoms with Gasteiger partial charge in [0.05, 0.1) is 4.91 Å². The van der Waals surface area contributed by atoms with Crippen molar-refractivity contribution < 1.29 is 15.0 Å². The summed E-state index contributed by atoms with van der Waals surface area (Å²) in [6, 6.07) is 4.06. The molecule has 6 heteroatoms. The van der Waals surface area contributed by atoms with Gasteiger partial charge in [0.1, 0.15) is 11.5 Å². The van der Waals surface area contributed by atoms with Crippen molar-refractivity contribution in [3.8, 4) is 11.5 Å². The van der Waals surface area contributed by atoms with Gasteiger partial charge in [0.25, 0.3) is 5.91 Å². The molecule has 1 aromatic carbocycles. The maximum Gasteiger partial charge on any atom is 0.286 e. The molecular formula is C10H8N2O3S. The summed E-state index contributed by atoms with van der Waals surface area (Å²) < 4.78 is 0. The topological polar surface area (TPSA) is 95.9 Å². The number of phenols is 2. The van der Waals surface area contributed by atoms with Crippen LogP contribution in [0.2, 0.25) is 0 Å². The summed E-state index contributed by atoms with van der Waals surface area (Å²) in [6.45, 7) is 0. The summed E-state index contributed by atoms with van der Waals surface area (Å²) in [5, 5.41) is 18.7. The minimum atomic E-state index is -0.412. The fourth-order valence-electron chi connectivity index (χ4n) is 1.28. The molecule has 0 saturated heterocycles. The predicted molar refractivity (Wildman–Crippen MR) is 62.0 cm³/mol. The normalized spacial score (nSPS) is 17.9. The first kappa shape index (κ1) is 10.6. The number of hydrogen-bond donors (Lipinski definition) is 3. The van der Waals surface area contributed by atoms with E-state index in [1.165, 1.54) is 24.3 Å². The van der Waals surface area contributed by atoms with Crippen molar-refractivity contribution in [1.82, 2.24) is 0 Å². The van der Waals surface area contributed by atoms with Crippen LogP contribution in [0.4, 0.5) is 0 Å². The van der Waals surface area contributed by atoms with Crippen LogP contribution < -0.4 is 5.73 Å². The number of phenolic OH excluding ortho intramolecular Hbond substituents is 2. The van der Waals surface area contributed by atoms with Crippen molar-refractivity contribution in [1.29, 1.82) is 0 Å². The molecule has 1 aliphatic rings. The third kappa shape index (κ3) is 2.17. The Morgan fingerprint density at radius 2 is 1.88 bits per heavy atom. The zero-order chi connectivity index (χ0) is 11.7. The molecule has 0 bridgehead atoms. The van der Waals surface area contributed by atoms with Gasteiger partial charge in [-0.2, -0.15) is 4.99 Å². The number of aliphatic imine (C=N–C) groups is 1. The van der Waals surface area contributed by atoms with Crippen LogP contribution in [0.25, 0.3) is 6.08 Å². The Morgan fingerprint density at radius 1 is 1.25 bits per heavy atom. The van der Waals surface area contributed by atoms with E-state index in [0.717, 1.165) is 11.8 Å².